The summed E-state index contributed by atoms with van der Waals surface area (Å²) in [4.78, 5) is 0.0627. The van der Waals surface area contributed by atoms with Crippen molar-refractivity contribution >= 4 is 9.84 Å². The Morgan fingerprint density at radius 1 is 1.07 bits per heavy atom. The highest BCUT2D eigenvalue weighted by Gasteiger charge is 2.58. The molecule has 4 nitrogen and oxygen atoms in total. The molecule has 2 rings (SSSR count). The van der Waals surface area contributed by atoms with Crippen molar-refractivity contribution in [3.05, 3.63) is 23.8 Å². The Morgan fingerprint density at radius 2 is 1.60 bits per heavy atom. The third kappa shape index (κ3) is 6.47. The van der Waals surface area contributed by atoms with Crippen LogP contribution in [0.3, 0.4) is 0 Å². The highest BCUT2D eigenvalue weighted by molar-refractivity contribution is 7.90. The van der Waals surface area contributed by atoms with Gasteiger partial charge in [-0.05, 0) is 44.7 Å². The van der Waals surface area contributed by atoms with Crippen LogP contribution in [0.1, 0.15) is 25.7 Å². The van der Waals surface area contributed by atoms with Crippen LogP contribution in [0.5, 0.6) is 5.75 Å². The van der Waals surface area contributed by atoms with Crippen LogP contribution in [0, 0.1) is 17.6 Å². The van der Waals surface area contributed by atoms with E-state index in [0.717, 1.165) is 17.0 Å². The van der Waals surface area contributed by atoms with Crippen LogP contribution >= 0.6 is 0 Å². The molecule has 172 valence electrons. The van der Waals surface area contributed by atoms with Gasteiger partial charge < -0.3 is 4.74 Å². The quantitative estimate of drug-likeness (QED) is 0.421. The zero-order chi connectivity index (χ0) is 22.7. The molecule has 1 aliphatic heterocycles. The van der Waals surface area contributed by atoms with Crippen molar-refractivity contribution in [2.75, 3.05) is 32.5 Å². The Bertz CT molecular complexity index is 812. The number of ether oxygens (including phenoxy) is 1. The lowest BCUT2D eigenvalue weighted by Crippen LogP contribution is -2.49. The maximum atomic E-state index is 13.8. The first-order valence-corrected chi connectivity index (χ1v) is 11.1. The summed E-state index contributed by atoms with van der Waals surface area (Å²) in [6.07, 6.45) is -2.89. The minimum atomic E-state index is -5.57. The van der Waals surface area contributed by atoms with Gasteiger partial charge in [-0.1, -0.05) is 0 Å². The molecule has 1 saturated heterocycles. The zero-order valence-electron chi connectivity index (χ0n) is 16.1. The van der Waals surface area contributed by atoms with Crippen molar-refractivity contribution in [3.8, 4) is 5.75 Å². The van der Waals surface area contributed by atoms with Gasteiger partial charge in [-0.2, -0.15) is 22.0 Å². The minimum absolute atomic E-state index is 0.0868. The van der Waals surface area contributed by atoms with Gasteiger partial charge in [0.2, 0.25) is 0 Å². The van der Waals surface area contributed by atoms with E-state index in [1.807, 2.05) is 0 Å². The van der Waals surface area contributed by atoms with Crippen LogP contribution in [0.15, 0.2) is 17.0 Å². The maximum absolute atomic E-state index is 13.8. The minimum Gasteiger partial charge on any atom is -0.493 e. The van der Waals surface area contributed by atoms with E-state index in [0.29, 0.717) is 31.9 Å². The number of nitrogens with zero attached hydrogens (tertiary/aromatic N) is 1. The number of hydrogen-bond donors (Lipinski definition) is 0. The lowest BCUT2D eigenvalue weighted by atomic mass is 9.92. The normalized spacial score (nSPS) is 17.3. The van der Waals surface area contributed by atoms with E-state index in [2.05, 4.69) is 0 Å². The maximum Gasteiger partial charge on any atom is 0.454 e. The summed E-state index contributed by atoms with van der Waals surface area (Å²) in [7, 11) is -4.06. The molecule has 0 radical (unpaired) electrons. The molecule has 0 unspecified atom stereocenters. The number of hydrogen-bond acceptors (Lipinski definition) is 4. The Kier molecular flexibility index (Phi) is 7.65. The van der Waals surface area contributed by atoms with Crippen LogP contribution in [0.4, 0.5) is 30.7 Å². The largest absolute Gasteiger partial charge is 0.493 e. The van der Waals surface area contributed by atoms with E-state index in [4.69, 9.17) is 4.74 Å². The molecular weight excluding hydrogens is 443 g/mol. The van der Waals surface area contributed by atoms with E-state index in [-0.39, 0.29) is 31.4 Å². The van der Waals surface area contributed by atoms with E-state index >= 15 is 0 Å². The van der Waals surface area contributed by atoms with Crippen LogP contribution < -0.4 is 4.74 Å². The fraction of sp³-hybridized carbons (Fsp3) is 0.667. The summed E-state index contributed by atoms with van der Waals surface area (Å²) < 4.78 is 119. The molecule has 0 amide bonds. The fourth-order valence-electron chi connectivity index (χ4n) is 3.34. The molecule has 0 saturated carbocycles. The van der Waals surface area contributed by atoms with E-state index in [1.165, 1.54) is 0 Å². The van der Waals surface area contributed by atoms with Gasteiger partial charge >= 0.3 is 12.1 Å². The summed E-state index contributed by atoms with van der Waals surface area (Å²) in [5.74, 6) is -7.30. The summed E-state index contributed by atoms with van der Waals surface area (Å²) in [5, 5.41) is 0. The fourth-order valence-corrected chi connectivity index (χ4v) is 4.17. The van der Waals surface area contributed by atoms with E-state index in [9.17, 15) is 39.2 Å². The number of rotatable bonds is 8. The van der Waals surface area contributed by atoms with Gasteiger partial charge in [0.1, 0.15) is 22.3 Å². The molecular formula is C18H22F7NO3S. The van der Waals surface area contributed by atoms with Crippen LogP contribution in [0.2, 0.25) is 0 Å². The molecule has 12 heteroatoms. The van der Waals surface area contributed by atoms with Crippen LogP contribution in [-0.4, -0.2) is 57.9 Å². The molecule has 1 heterocycles. The average molecular weight is 465 g/mol. The molecule has 1 fully saturated rings. The highest BCUT2D eigenvalue weighted by Crippen LogP contribution is 2.37. The van der Waals surface area contributed by atoms with Gasteiger partial charge in [-0.15, -0.1) is 0 Å². The third-order valence-corrected chi connectivity index (χ3v) is 6.04. The molecule has 0 bridgehead atoms. The Hall–Kier alpha value is -1.56. The lowest BCUT2D eigenvalue weighted by molar-refractivity contribution is -0.287. The average Bonchev–Trinajstić information content (AvgIpc) is 2.57. The van der Waals surface area contributed by atoms with E-state index < -0.39 is 45.0 Å². The summed E-state index contributed by atoms with van der Waals surface area (Å²) in [5.41, 5.74) is 0. The molecule has 1 aromatic rings. The van der Waals surface area contributed by atoms with Gasteiger partial charge in [0, 0.05) is 18.4 Å². The molecule has 30 heavy (non-hydrogen) atoms. The first-order valence-electron chi connectivity index (χ1n) is 9.19. The number of piperidine rings is 1. The predicted molar refractivity (Wildman–Crippen MR) is 94.4 cm³/mol. The van der Waals surface area contributed by atoms with Crippen LogP contribution in [-0.2, 0) is 9.84 Å². The highest BCUT2D eigenvalue weighted by atomic mass is 32.2. The van der Waals surface area contributed by atoms with Crippen LogP contribution in [0.25, 0.3) is 0 Å². The number of halogens is 7. The zero-order valence-corrected chi connectivity index (χ0v) is 16.9. The van der Waals surface area contributed by atoms with Gasteiger partial charge in [-0.25, -0.2) is 17.2 Å². The number of sulfone groups is 1. The molecule has 0 aliphatic carbocycles. The predicted octanol–water partition coefficient (Wildman–Crippen LogP) is 4.44. The lowest BCUT2D eigenvalue weighted by Gasteiger charge is -2.34. The second-order valence-corrected chi connectivity index (χ2v) is 9.35. The smallest absolute Gasteiger partial charge is 0.454 e. The molecule has 1 aliphatic rings. The third-order valence-electron chi connectivity index (χ3n) is 4.91. The number of benzene rings is 1. The van der Waals surface area contributed by atoms with Crippen molar-refractivity contribution in [2.45, 2.75) is 42.7 Å². The standard InChI is InChI=1S/C18H22F7NO3S/c1-30(27,28)16-14(19)9-13(10-15(16)20)29-8-2-3-12-4-6-26(7-5-12)11-17(21,22)18(23,24)25/h9-10,12H,2-8,11H2,1H3. The van der Waals surface area contributed by atoms with E-state index in [1.54, 1.807) is 0 Å². The molecule has 0 aromatic heterocycles. The Labute approximate surface area is 169 Å². The molecule has 1 aromatic carbocycles. The molecule has 0 atom stereocenters. The van der Waals surface area contributed by atoms with Gasteiger partial charge in [0.25, 0.3) is 0 Å². The van der Waals surface area contributed by atoms with Gasteiger partial charge in [0.05, 0.1) is 13.2 Å². The van der Waals surface area contributed by atoms with Crippen molar-refractivity contribution in [3.63, 3.8) is 0 Å². The summed E-state index contributed by atoms with van der Waals surface area (Å²) in [6.45, 7) is -1.02. The van der Waals surface area contributed by atoms with Crippen molar-refractivity contribution < 1.29 is 43.9 Å². The second-order valence-electron chi connectivity index (χ2n) is 7.40. The summed E-state index contributed by atoms with van der Waals surface area (Å²) in [6, 6.07) is 1.55. The monoisotopic (exact) mass is 465 g/mol. The van der Waals surface area contributed by atoms with Gasteiger partial charge in [0.15, 0.2) is 9.84 Å². The number of likely N-dealkylation sites (tertiary alicyclic amines) is 1. The first-order chi connectivity index (χ1) is 13.7. The summed E-state index contributed by atoms with van der Waals surface area (Å²) >= 11 is 0. The topological polar surface area (TPSA) is 46.6 Å². The van der Waals surface area contributed by atoms with Crippen molar-refractivity contribution in [1.82, 2.24) is 4.90 Å². The Morgan fingerprint density at radius 3 is 2.07 bits per heavy atom. The number of alkyl halides is 5. The molecule has 0 spiro atoms. The second kappa shape index (κ2) is 9.29. The first kappa shape index (κ1) is 24.7. The SMILES string of the molecule is CS(=O)(=O)c1c(F)cc(OCCCC2CCN(CC(F)(F)C(F)(F)F)CC2)cc1F. The van der Waals surface area contributed by atoms with Gasteiger partial charge in [-0.3, -0.25) is 4.90 Å². The molecule has 0 N–H and O–H groups in total. The van der Waals surface area contributed by atoms with Crippen molar-refractivity contribution in [1.29, 1.82) is 0 Å². The van der Waals surface area contributed by atoms with Crippen molar-refractivity contribution in [2.24, 2.45) is 5.92 Å². The Balaban J connectivity index is 1.75.